The quantitative estimate of drug-likeness (QED) is 0.430. The molecule has 0 aliphatic carbocycles. The van der Waals surface area contributed by atoms with Crippen molar-refractivity contribution in [2.45, 2.75) is 0 Å². The van der Waals surface area contributed by atoms with E-state index in [1.54, 1.807) is 54.6 Å². The molecule has 0 radical (unpaired) electrons. The fourth-order valence-electron chi connectivity index (χ4n) is 3.10. The fraction of sp³-hybridized carbons (Fsp3) is 0.0435. The number of thioether (sulfide) groups is 1. The second-order valence-electron chi connectivity index (χ2n) is 6.88. The van der Waals surface area contributed by atoms with Crippen molar-refractivity contribution in [3.05, 3.63) is 81.4 Å². The van der Waals surface area contributed by atoms with Gasteiger partial charge in [-0.15, -0.1) is 0 Å². The Morgan fingerprint density at radius 1 is 1.06 bits per heavy atom. The van der Waals surface area contributed by atoms with Gasteiger partial charge in [0.25, 0.3) is 11.1 Å². The van der Waals surface area contributed by atoms with Crippen LogP contribution in [0.3, 0.4) is 0 Å². The topological polar surface area (TPSA) is 117 Å². The summed E-state index contributed by atoms with van der Waals surface area (Å²) in [5.74, 6) is -1.63. The summed E-state index contributed by atoms with van der Waals surface area (Å²) in [4.78, 5) is 49.7. The number of carbonyl (C=O) groups is 4. The summed E-state index contributed by atoms with van der Waals surface area (Å²) in [6.07, 6.45) is 1.39. The van der Waals surface area contributed by atoms with E-state index < -0.39 is 29.6 Å². The zero-order chi connectivity index (χ0) is 23.5. The SMILES string of the molecule is O=C(CN1C(=O)S/C(=C\c2ccc(-c3ccccc3C(=O)O)o2)C1=O)Nc1ccc(Br)cc1. The van der Waals surface area contributed by atoms with Gasteiger partial charge in [-0.1, -0.05) is 34.1 Å². The molecule has 1 aliphatic heterocycles. The van der Waals surface area contributed by atoms with Crippen LogP contribution in [0.4, 0.5) is 10.5 Å². The lowest BCUT2D eigenvalue weighted by Crippen LogP contribution is -2.36. The first-order valence-electron chi connectivity index (χ1n) is 9.55. The number of nitrogens with one attached hydrogen (secondary N) is 1. The first kappa shape index (κ1) is 22.6. The molecule has 0 spiro atoms. The molecule has 0 bridgehead atoms. The van der Waals surface area contributed by atoms with E-state index in [9.17, 15) is 24.3 Å². The highest BCUT2D eigenvalue weighted by Gasteiger charge is 2.36. The fourth-order valence-corrected chi connectivity index (χ4v) is 4.19. The normalized spacial score (nSPS) is 14.7. The molecule has 0 saturated carbocycles. The molecule has 10 heteroatoms. The maximum atomic E-state index is 12.7. The number of aromatic carboxylic acids is 1. The highest BCUT2D eigenvalue weighted by Crippen LogP contribution is 2.33. The van der Waals surface area contributed by atoms with E-state index >= 15 is 0 Å². The summed E-state index contributed by atoms with van der Waals surface area (Å²) in [5, 5.41) is 11.4. The van der Waals surface area contributed by atoms with Gasteiger partial charge in [0.05, 0.1) is 10.5 Å². The monoisotopic (exact) mass is 526 g/mol. The average molecular weight is 527 g/mol. The highest BCUT2D eigenvalue weighted by molar-refractivity contribution is 9.10. The van der Waals surface area contributed by atoms with Gasteiger partial charge in [0, 0.05) is 21.8 Å². The van der Waals surface area contributed by atoms with E-state index in [-0.39, 0.29) is 16.2 Å². The van der Waals surface area contributed by atoms with Crippen LogP contribution >= 0.6 is 27.7 Å². The molecular weight excluding hydrogens is 512 g/mol. The summed E-state index contributed by atoms with van der Waals surface area (Å²) in [5.41, 5.74) is 1.01. The molecule has 3 amide bonds. The van der Waals surface area contributed by atoms with E-state index in [0.29, 0.717) is 28.8 Å². The van der Waals surface area contributed by atoms with E-state index in [0.717, 1.165) is 9.37 Å². The Hall–Kier alpha value is -3.63. The molecule has 1 aliphatic rings. The highest BCUT2D eigenvalue weighted by atomic mass is 79.9. The van der Waals surface area contributed by atoms with Crippen molar-refractivity contribution in [1.29, 1.82) is 0 Å². The van der Waals surface area contributed by atoms with Crippen LogP contribution < -0.4 is 5.32 Å². The molecule has 2 aromatic carbocycles. The number of hydrogen-bond acceptors (Lipinski definition) is 6. The summed E-state index contributed by atoms with van der Waals surface area (Å²) in [7, 11) is 0. The molecule has 8 nitrogen and oxygen atoms in total. The van der Waals surface area contributed by atoms with E-state index in [4.69, 9.17) is 4.42 Å². The van der Waals surface area contributed by atoms with Gasteiger partial charge in [-0.05, 0) is 54.2 Å². The summed E-state index contributed by atoms with van der Waals surface area (Å²) >= 11 is 4.00. The van der Waals surface area contributed by atoms with Gasteiger partial charge in [-0.2, -0.15) is 0 Å². The molecule has 0 unspecified atom stereocenters. The van der Waals surface area contributed by atoms with Crippen molar-refractivity contribution < 1.29 is 28.7 Å². The van der Waals surface area contributed by atoms with Crippen molar-refractivity contribution in [2.24, 2.45) is 0 Å². The van der Waals surface area contributed by atoms with E-state index in [2.05, 4.69) is 21.2 Å². The van der Waals surface area contributed by atoms with Crippen LogP contribution in [-0.2, 0) is 9.59 Å². The standard InChI is InChI=1S/C23H15BrN2O6S/c24-13-5-7-14(8-6-13)25-20(27)12-26-21(28)19(33-23(26)31)11-15-9-10-18(32-15)16-3-1-2-4-17(16)22(29)30/h1-11H,12H2,(H,25,27)(H,29,30)/b19-11-. The zero-order valence-electron chi connectivity index (χ0n) is 16.8. The largest absolute Gasteiger partial charge is 0.478 e. The van der Waals surface area contributed by atoms with Crippen LogP contribution in [-0.4, -0.2) is 39.6 Å². The summed E-state index contributed by atoms with van der Waals surface area (Å²) in [6.45, 7) is -0.423. The lowest BCUT2D eigenvalue weighted by molar-refractivity contribution is -0.127. The molecule has 4 rings (SSSR count). The number of carboxylic acid groups (broad SMARTS) is 1. The van der Waals surface area contributed by atoms with E-state index in [1.165, 1.54) is 12.1 Å². The lowest BCUT2D eigenvalue weighted by atomic mass is 10.1. The predicted octanol–water partition coefficient (Wildman–Crippen LogP) is 5.08. The van der Waals surface area contributed by atoms with Gasteiger partial charge in [-0.3, -0.25) is 19.3 Å². The number of carboxylic acids is 1. The van der Waals surface area contributed by atoms with Gasteiger partial charge in [0.2, 0.25) is 5.91 Å². The second kappa shape index (κ2) is 9.47. The molecule has 3 aromatic rings. The minimum Gasteiger partial charge on any atom is -0.478 e. The van der Waals surface area contributed by atoms with Crippen LogP contribution in [0.15, 0.2) is 74.5 Å². The number of imide groups is 1. The molecule has 1 saturated heterocycles. The van der Waals surface area contributed by atoms with Gasteiger partial charge in [0.1, 0.15) is 18.1 Å². The van der Waals surface area contributed by atoms with Crippen molar-refractivity contribution in [3.63, 3.8) is 0 Å². The number of rotatable bonds is 6. The Morgan fingerprint density at radius 2 is 1.79 bits per heavy atom. The molecule has 33 heavy (non-hydrogen) atoms. The molecule has 166 valence electrons. The molecule has 2 N–H and O–H groups in total. The Balaban J connectivity index is 1.48. The minimum atomic E-state index is -1.09. The number of hydrogen-bond donors (Lipinski definition) is 2. The zero-order valence-corrected chi connectivity index (χ0v) is 19.2. The van der Waals surface area contributed by atoms with Gasteiger partial charge >= 0.3 is 5.97 Å². The Labute approximate surface area is 200 Å². The first-order chi connectivity index (χ1) is 15.8. The number of halogens is 1. The van der Waals surface area contributed by atoms with Crippen LogP contribution in [0.5, 0.6) is 0 Å². The third kappa shape index (κ3) is 5.07. The van der Waals surface area contributed by atoms with Crippen LogP contribution in [0.2, 0.25) is 0 Å². The number of nitrogens with zero attached hydrogens (tertiary/aromatic N) is 1. The summed E-state index contributed by atoms with van der Waals surface area (Å²) in [6, 6.07) is 16.4. The van der Waals surface area contributed by atoms with Crippen molar-refractivity contribution in [3.8, 4) is 11.3 Å². The third-order valence-corrected chi connectivity index (χ3v) is 6.06. The number of carbonyl (C=O) groups excluding carboxylic acids is 3. The van der Waals surface area contributed by atoms with Crippen LogP contribution in [0, 0.1) is 0 Å². The maximum absolute atomic E-state index is 12.7. The Bertz CT molecular complexity index is 1300. The molecule has 2 heterocycles. The van der Waals surface area contributed by atoms with Gasteiger partial charge in [0.15, 0.2) is 0 Å². The van der Waals surface area contributed by atoms with Crippen molar-refractivity contribution in [2.75, 3.05) is 11.9 Å². The minimum absolute atomic E-state index is 0.0792. The number of anilines is 1. The van der Waals surface area contributed by atoms with E-state index in [1.807, 2.05) is 0 Å². The predicted molar refractivity (Wildman–Crippen MR) is 127 cm³/mol. The van der Waals surface area contributed by atoms with Crippen molar-refractivity contribution >= 4 is 62.5 Å². The van der Waals surface area contributed by atoms with Crippen LogP contribution in [0.1, 0.15) is 16.1 Å². The van der Waals surface area contributed by atoms with Gasteiger partial charge < -0.3 is 14.8 Å². The molecule has 1 aromatic heterocycles. The average Bonchev–Trinajstić information content (AvgIpc) is 3.35. The van der Waals surface area contributed by atoms with Crippen LogP contribution in [0.25, 0.3) is 17.4 Å². The maximum Gasteiger partial charge on any atom is 0.336 e. The molecule has 0 atom stereocenters. The Kier molecular flexibility index (Phi) is 6.47. The smallest absolute Gasteiger partial charge is 0.336 e. The third-order valence-electron chi connectivity index (χ3n) is 4.63. The molecule has 1 fully saturated rings. The first-order valence-corrected chi connectivity index (χ1v) is 11.2. The lowest BCUT2D eigenvalue weighted by Gasteiger charge is -2.12. The Morgan fingerprint density at radius 3 is 2.52 bits per heavy atom. The number of benzene rings is 2. The second-order valence-corrected chi connectivity index (χ2v) is 8.78. The van der Waals surface area contributed by atoms with Gasteiger partial charge in [-0.25, -0.2) is 4.79 Å². The molecular formula is C23H15BrN2O6S. The van der Waals surface area contributed by atoms with Crippen molar-refractivity contribution in [1.82, 2.24) is 4.90 Å². The number of furan rings is 1. The number of amides is 3. The summed E-state index contributed by atoms with van der Waals surface area (Å²) < 4.78 is 6.54.